The van der Waals surface area contributed by atoms with Gasteiger partial charge in [-0.2, -0.15) is 0 Å². The Balaban J connectivity index is 2.38. The maximum absolute atomic E-state index is 11.6. The maximum atomic E-state index is 11.6. The van der Waals surface area contributed by atoms with Gasteiger partial charge in [0.2, 0.25) is 5.91 Å². The lowest BCUT2D eigenvalue weighted by Gasteiger charge is -2.09. The Morgan fingerprint density at radius 2 is 1.94 bits per heavy atom. The average molecular weight is 290 g/mol. The van der Waals surface area contributed by atoms with E-state index in [4.69, 9.17) is 23.2 Å². The fourth-order valence-electron chi connectivity index (χ4n) is 1.26. The molecule has 0 heterocycles. The first kappa shape index (κ1) is 14.8. The minimum atomic E-state index is -0.871. The lowest BCUT2D eigenvalue weighted by atomic mass is 10.1. The largest absolute Gasteiger partial charge is 0.468 e. The molecule has 0 spiro atoms. The molecule has 98 valence electrons. The van der Waals surface area contributed by atoms with Crippen LogP contribution in [0.2, 0.25) is 5.02 Å². The molecule has 1 aromatic carbocycles. The molecule has 1 N–H and O–H groups in total. The van der Waals surface area contributed by atoms with Gasteiger partial charge in [0.25, 0.3) is 0 Å². The second kappa shape index (κ2) is 7.24. The summed E-state index contributed by atoms with van der Waals surface area (Å²) in [5, 5.41) is 2.30. The van der Waals surface area contributed by atoms with Gasteiger partial charge in [-0.15, -0.1) is 11.6 Å². The predicted octanol–water partition coefficient (Wildman–Crippen LogP) is 1.78. The van der Waals surface area contributed by atoms with Crippen LogP contribution < -0.4 is 5.32 Å². The Bertz CT molecular complexity index is 420. The molecule has 0 aliphatic heterocycles. The van der Waals surface area contributed by atoms with Gasteiger partial charge in [0.15, 0.2) is 0 Å². The van der Waals surface area contributed by atoms with Gasteiger partial charge >= 0.3 is 5.97 Å². The number of alkyl halides is 1. The summed E-state index contributed by atoms with van der Waals surface area (Å²) in [7, 11) is 1.24. The summed E-state index contributed by atoms with van der Waals surface area (Å²) in [6, 6.07) is 6.95. The summed E-state index contributed by atoms with van der Waals surface area (Å²) in [5.74, 6) is -0.782. The van der Waals surface area contributed by atoms with E-state index in [1.54, 1.807) is 24.3 Å². The van der Waals surface area contributed by atoms with Crippen LogP contribution in [0, 0.1) is 0 Å². The number of benzene rings is 1. The number of ether oxygens (including phenoxy) is 1. The number of carbonyl (C=O) groups is 2. The summed E-state index contributed by atoms with van der Waals surface area (Å²) in [5.41, 5.74) is 0.834. The molecule has 0 aliphatic rings. The average Bonchev–Trinajstić information content (AvgIpc) is 2.37. The molecule has 4 nitrogen and oxygen atoms in total. The third-order valence-electron chi connectivity index (χ3n) is 2.21. The minimum Gasteiger partial charge on any atom is -0.468 e. The van der Waals surface area contributed by atoms with E-state index in [-0.39, 0.29) is 18.9 Å². The Kier molecular flexibility index (Phi) is 5.95. The van der Waals surface area contributed by atoms with Crippen molar-refractivity contribution in [2.24, 2.45) is 0 Å². The highest BCUT2D eigenvalue weighted by molar-refractivity contribution is 6.30. The van der Waals surface area contributed by atoms with Gasteiger partial charge < -0.3 is 10.1 Å². The van der Waals surface area contributed by atoms with Crippen LogP contribution in [-0.2, 0) is 20.7 Å². The molecule has 0 radical (unpaired) electrons. The monoisotopic (exact) mass is 289 g/mol. The van der Waals surface area contributed by atoms with Crippen molar-refractivity contribution in [1.29, 1.82) is 0 Å². The number of carbonyl (C=O) groups excluding carboxylic acids is 2. The molecule has 1 aromatic rings. The van der Waals surface area contributed by atoms with Crippen LogP contribution in [0.4, 0.5) is 0 Å². The van der Waals surface area contributed by atoms with Crippen molar-refractivity contribution in [1.82, 2.24) is 5.32 Å². The summed E-state index contributed by atoms with van der Waals surface area (Å²) in [4.78, 5) is 22.6. The second-order valence-corrected chi connectivity index (χ2v) is 4.56. The maximum Gasteiger partial charge on any atom is 0.325 e. The van der Waals surface area contributed by atoms with Gasteiger partial charge in [-0.1, -0.05) is 23.7 Å². The molecular weight excluding hydrogens is 277 g/mol. The zero-order chi connectivity index (χ0) is 13.5. The summed E-state index contributed by atoms with van der Waals surface area (Å²) < 4.78 is 4.44. The minimum absolute atomic E-state index is 0.0423. The van der Waals surface area contributed by atoms with Crippen LogP contribution in [-0.4, -0.2) is 30.9 Å². The summed E-state index contributed by atoms with van der Waals surface area (Å²) >= 11 is 11.4. The van der Waals surface area contributed by atoms with E-state index >= 15 is 0 Å². The molecular formula is C12H13Cl2NO3. The fourth-order valence-corrected chi connectivity index (χ4v) is 1.56. The van der Waals surface area contributed by atoms with Crippen molar-refractivity contribution in [2.75, 3.05) is 13.7 Å². The highest BCUT2D eigenvalue weighted by Crippen LogP contribution is 2.09. The van der Waals surface area contributed by atoms with Gasteiger partial charge in [-0.05, 0) is 17.7 Å². The van der Waals surface area contributed by atoms with Crippen LogP contribution in [0.1, 0.15) is 5.56 Å². The van der Waals surface area contributed by atoms with E-state index < -0.39 is 11.3 Å². The van der Waals surface area contributed by atoms with Crippen molar-refractivity contribution in [2.45, 2.75) is 11.8 Å². The number of esters is 1. The van der Waals surface area contributed by atoms with Crippen LogP contribution in [0.5, 0.6) is 0 Å². The predicted molar refractivity (Wildman–Crippen MR) is 69.8 cm³/mol. The molecule has 1 amide bonds. The van der Waals surface area contributed by atoms with Gasteiger partial charge in [-0.25, -0.2) is 0 Å². The van der Waals surface area contributed by atoms with Crippen molar-refractivity contribution >= 4 is 35.1 Å². The molecule has 1 unspecified atom stereocenters. The molecule has 6 heteroatoms. The lowest BCUT2D eigenvalue weighted by Crippen LogP contribution is -2.35. The second-order valence-electron chi connectivity index (χ2n) is 3.60. The van der Waals surface area contributed by atoms with Gasteiger partial charge in [0.05, 0.1) is 13.5 Å². The molecule has 0 aliphatic carbocycles. The standard InChI is InChI=1S/C12H13Cl2NO3/c1-18-12(17)10(14)7-15-11(16)6-8-2-4-9(13)5-3-8/h2-5,10H,6-7H2,1H3,(H,15,16). The van der Waals surface area contributed by atoms with E-state index in [9.17, 15) is 9.59 Å². The molecule has 0 bridgehead atoms. The van der Waals surface area contributed by atoms with E-state index in [1.807, 2.05) is 0 Å². The van der Waals surface area contributed by atoms with Gasteiger partial charge in [0, 0.05) is 11.6 Å². The molecule has 0 fully saturated rings. The molecule has 1 rings (SSSR count). The Morgan fingerprint density at radius 3 is 2.50 bits per heavy atom. The third kappa shape index (κ3) is 4.94. The molecule has 0 aromatic heterocycles. The molecule has 1 atom stereocenters. The van der Waals surface area contributed by atoms with Crippen LogP contribution in [0.25, 0.3) is 0 Å². The number of amides is 1. The SMILES string of the molecule is COC(=O)C(Cl)CNC(=O)Cc1ccc(Cl)cc1. The van der Waals surface area contributed by atoms with Gasteiger partial charge in [0.1, 0.15) is 5.38 Å². The highest BCUT2D eigenvalue weighted by Gasteiger charge is 2.16. The quantitative estimate of drug-likeness (QED) is 0.664. The van der Waals surface area contributed by atoms with Gasteiger partial charge in [-0.3, -0.25) is 9.59 Å². The van der Waals surface area contributed by atoms with E-state index in [0.29, 0.717) is 5.02 Å². The lowest BCUT2D eigenvalue weighted by molar-refractivity contribution is -0.140. The number of nitrogens with one attached hydrogen (secondary N) is 1. The van der Waals surface area contributed by atoms with Crippen molar-refractivity contribution in [3.8, 4) is 0 Å². The number of methoxy groups -OCH3 is 1. The zero-order valence-electron chi connectivity index (χ0n) is 9.78. The first-order valence-corrected chi connectivity index (χ1v) is 6.07. The Morgan fingerprint density at radius 1 is 1.33 bits per heavy atom. The third-order valence-corrected chi connectivity index (χ3v) is 2.80. The number of rotatable bonds is 5. The smallest absolute Gasteiger partial charge is 0.325 e. The molecule has 0 saturated heterocycles. The summed E-state index contributed by atoms with van der Waals surface area (Å²) in [6.07, 6.45) is 0.210. The number of hydrogen-bond acceptors (Lipinski definition) is 3. The van der Waals surface area contributed by atoms with E-state index in [2.05, 4.69) is 10.1 Å². The topological polar surface area (TPSA) is 55.4 Å². The number of halogens is 2. The van der Waals surface area contributed by atoms with E-state index in [1.165, 1.54) is 7.11 Å². The first-order chi connectivity index (χ1) is 8.52. The van der Waals surface area contributed by atoms with Crippen LogP contribution in [0.15, 0.2) is 24.3 Å². The first-order valence-electron chi connectivity index (χ1n) is 5.26. The van der Waals surface area contributed by atoms with Crippen molar-refractivity contribution < 1.29 is 14.3 Å². The van der Waals surface area contributed by atoms with Crippen LogP contribution in [0.3, 0.4) is 0 Å². The normalized spacial score (nSPS) is 11.7. The summed E-state index contributed by atoms with van der Waals surface area (Å²) in [6.45, 7) is 0.0423. The number of hydrogen-bond donors (Lipinski definition) is 1. The molecule has 0 saturated carbocycles. The molecule has 18 heavy (non-hydrogen) atoms. The van der Waals surface area contributed by atoms with Crippen molar-refractivity contribution in [3.63, 3.8) is 0 Å². The Labute approximate surface area is 115 Å². The fraction of sp³-hybridized carbons (Fsp3) is 0.333. The Hall–Kier alpha value is -1.26. The zero-order valence-corrected chi connectivity index (χ0v) is 11.3. The van der Waals surface area contributed by atoms with E-state index in [0.717, 1.165) is 5.56 Å². The van der Waals surface area contributed by atoms with Crippen molar-refractivity contribution in [3.05, 3.63) is 34.9 Å². The highest BCUT2D eigenvalue weighted by atomic mass is 35.5. The van der Waals surface area contributed by atoms with Crippen LogP contribution >= 0.6 is 23.2 Å².